The fourth-order valence-electron chi connectivity index (χ4n) is 1.08. The zero-order chi connectivity index (χ0) is 6.69. The molecule has 1 amide bonds. The highest BCUT2D eigenvalue weighted by Gasteiger charge is 2.12. The molecule has 0 aromatic heterocycles. The quantitative estimate of drug-likeness (QED) is 0.507. The van der Waals surface area contributed by atoms with Crippen molar-refractivity contribution in [1.82, 2.24) is 4.90 Å². The van der Waals surface area contributed by atoms with Crippen LogP contribution in [0.15, 0.2) is 0 Å². The smallest absolute Gasteiger partial charge is 0.313 e. The van der Waals surface area contributed by atoms with Crippen LogP contribution < -0.4 is 0 Å². The summed E-state index contributed by atoms with van der Waals surface area (Å²) in [4.78, 5) is 12.3. The van der Waals surface area contributed by atoms with Crippen molar-refractivity contribution in [1.29, 1.82) is 0 Å². The van der Waals surface area contributed by atoms with Gasteiger partial charge in [-0.1, -0.05) is 0 Å². The number of hydrogen-bond donors (Lipinski definition) is 0. The first-order chi connectivity index (χ1) is 4.30. The van der Waals surface area contributed by atoms with E-state index in [1.165, 1.54) is 6.42 Å². The van der Waals surface area contributed by atoms with Gasteiger partial charge in [0.15, 0.2) is 0 Å². The predicted octanol–water partition coefficient (Wildman–Crippen LogP) is 1.79. The van der Waals surface area contributed by atoms with E-state index in [1.807, 2.05) is 0 Å². The predicted molar refractivity (Wildman–Crippen MR) is 38.4 cm³/mol. The molecule has 0 aromatic carbocycles. The lowest BCUT2D eigenvalue weighted by atomic mass is 10.1. The molecular formula is C6H10NOS. The number of carbonyl (C=O) groups excluding carboxylic acids is 1. The molecule has 1 fully saturated rings. The standard InChI is InChI=1S/C6H10NOS/c8-6(9)7-4-2-1-3-5-7/h1-5H2. The summed E-state index contributed by atoms with van der Waals surface area (Å²) in [5, 5.41) is -0.185. The Kier molecular flexibility index (Phi) is 2.28. The van der Waals surface area contributed by atoms with E-state index in [-0.39, 0.29) is 5.24 Å². The molecule has 0 unspecified atom stereocenters. The second kappa shape index (κ2) is 3.01. The van der Waals surface area contributed by atoms with Gasteiger partial charge in [0.1, 0.15) is 0 Å². The third-order valence-corrected chi connectivity index (χ3v) is 1.87. The number of piperidine rings is 1. The van der Waals surface area contributed by atoms with E-state index >= 15 is 0 Å². The van der Waals surface area contributed by atoms with Crippen LogP contribution in [0.1, 0.15) is 19.3 Å². The van der Waals surface area contributed by atoms with Gasteiger partial charge in [0, 0.05) is 13.1 Å². The molecule has 0 bridgehead atoms. The van der Waals surface area contributed by atoms with Crippen molar-refractivity contribution >= 4 is 17.9 Å². The summed E-state index contributed by atoms with van der Waals surface area (Å²) in [6.45, 7) is 1.75. The maximum atomic E-state index is 10.5. The summed E-state index contributed by atoms with van der Waals surface area (Å²) in [5.41, 5.74) is 0. The van der Waals surface area contributed by atoms with Crippen LogP contribution in [0, 0.1) is 0 Å². The number of nitrogens with zero attached hydrogens (tertiary/aromatic N) is 1. The van der Waals surface area contributed by atoms with E-state index in [0.29, 0.717) is 0 Å². The Morgan fingerprint density at radius 2 is 1.78 bits per heavy atom. The minimum Gasteiger partial charge on any atom is -0.330 e. The van der Waals surface area contributed by atoms with E-state index in [9.17, 15) is 4.79 Å². The Morgan fingerprint density at radius 1 is 1.22 bits per heavy atom. The van der Waals surface area contributed by atoms with Gasteiger partial charge in [-0.3, -0.25) is 4.79 Å². The van der Waals surface area contributed by atoms with E-state index in [1.54, 1.807) is 4.90 Å². The van der Waals surface area contributed by atoms with E-state index in [4.69, 9.17) is 0 Å². The average molecular weight is 144 g/mol. The van der Waals surface area contributed by atoms with Crippen LogP contribution in [0.4, 0.5) is 4.79 Å². The molecule has 1 saturated heterocycles. The van der Waals surface area contributed by atoms with Crippen molar-refractivity contribution in [2.45, 2.75) is 19.3 Å². The van der Waals surface area contributed by atoms with Crippen LogP contribution in [0.5, 0.6) is 0 Å². The summed E-state index contributed by atoms with van der Waals surface area (Å²) in [6, 6.07) is 0. The van der Waals surface area contributed by atoms with E-state index in [0.717, 1.165) is 25.9 Å². The normalized spacial score (nSPS) is 19.8. The van der Waals surface area contributed by atoms with Crippen LogP contribution in [0.3, 0.4) is 0 Å². The zero-order valence-electron chi connectivity index (χ0n) is 5.30. The monoisotopic (exact) mass is 144 g/mol. The minimum atomic E-state index is -0.185. The van der Waals surface area contributed by atoms with Gasteiger partial charge in [0.25, 0.3) is 0 Å². The van der Waals surface area contributed by atoms with Crippen LogP contribution >= 0.6 is 12.6 Å². The van der Waals surface area contributed by atoms with Gasteiger partial charge in [-0.2, -0.15) is 0 Å². The lowest BCUT2D eigenvalue weighted by molar-refractivity contribution is 0.212. The SMILES string of the molecule is O=C([S])N1CCCCC1. The van der Waals surface area contributed by atoms with Gasteiger partial charge in [-0.25, -0.2) is 0 Å². The molecule has 2 nitrogen and oxygen atoms in total. The second-order valence-electron chi connectivity index (χ2n) is 2.31. The first-order valence-corrected chi connectivity index (χ1v) is 3.67. The lowest BCUT2D eigenvalue weighted by Gasteiger charge is -2.23. The van der Waals surface area contributed by atoms with Gasteiger partial charge in [-0.15, -0.1) is 0 Å². The molecule has 1 aliphatic rings. The van der Waals surface area contributed by atoms with Gasteiger partial charge in [0.2, 0.25) is 0 Å². The largest absolute Gasteiger partial charge is 0.330 e. The first-order valence-electron chi connectivity index (χ1n) is 3.26. The van der Waals surface area contributed by atoms with Crippen molar-refractivity contribution in [3.05, 3.63) is 0 Å². The van der Waals surface area contributed by atoms with Crippen molar-refractivity contribution < 1.29 is 4.79 Å². The number of carbonyl (C=O) groups is 1. The molecule has 1 heterocycles. The maximum Gasteiger partial charge on any atom is 0.313 e. The molecule has 0 aromatic rings. The highest BCUT2D eigenvalue weighted by atomic mass is 32.1. The first kappa shape index (κ1) is 6.81. The van der Waals surface area contributed by atoms with Crippen LogP contribution in [0.25, 0.3) is 0 Å². The van der Waals surface area contributed by atoms with Gasteiger partial charge in [0.05, 0.1) is 0 Å². The molecule has 0 N–H and O–H groups in total. The number of hydrogen-bond acceptors (Lipinski definition) is 1. The maximum absolute atomic E-state index is 10.5. The highest BCUT2D eigenvalue weighted by Crippen LogP contribution is 2.09. The Labute approximate surface area is 60.6 Å². The van der Waals surface area contributed by atoms with Gasteiger partial charge >= 0.3 is 5.24 Å². The molecule has 1 aliphatic heterocycles. The average Bonchev–Trinajstić information content (AvgIpc) is 1.90. The Balaban J connectivity index is 2.31. The van der Waals surface area contributed by atoms with Crippen molar-refractivity contribution in [3.63, 3.8) is 0 Å². The number of rotatable bonds is 0. The number of amides is 1. The fraction of sp³-hybridized carbons (Fsp3) is 0.833. The summed E-state index contributed by atoms with van der Waals surface area (Å²) in [7, 11) is 0. The number of likely N-dealkylation sites (tertiary alicyclic amines) is 1. The topological polar surface area (TPSA) is 20.3 Å². The molecule has 0 atom stereocenters. The molecule has 51 valence electrons. The Bertz CT molecular complexity index is 110. The second-order valence-corrected chi connectivity index (χ2v) is 2.66. The molecule has 3 heteroatoms. The molecule has 0 aliphatic carbocycles. The molecule has 0 spiro atoms. The summed E-state index contributed by atoms with van der Waals surface area (Å²) in [6.07, 6.45) is 3.50. The van der Waals surface area contributed by atoms with Crippen molar-refractivity contribution in [3.8, 4) is 0 Å². The van der Waals surface area contributed by atoms with Crippen LogP contribution in [-0.2, 0) is 0 Å². The summed E-state index contributed by atoms with van der Waals surface area (Å²) in [5.74, 6) is 0. The minimum absolute atomic E-state index is 0.185. The van der Waals surface area contributed by atoms with Gasteiger partial charge < -0.3 is 4.90 Å². The molecule has 9 heavy (non-hydrogen) atoms. The molecule has 1 radical (unpaired) electrons. The third kappa shape index (κ3) is 1.82. The van der Waals surface area contributed by atoms with E-state index in [2.05, 4.69) is 12.6 Å². The van der Waals surface area contributed by atoms with E-state index < -0.39 is 0 Å². The Morgan fingerprint density at radius 3 is 2.11 bits per heavy atom. The molecular weight excluding hydrogens is 134 g/mol. The lowest BCUT2D eigenvalue weighted by Crippen LogP contribution is -2.31. The van der Waals surface area contributed by atoms with Crippen LogP contribution in [-0.4, -0.2) is 23.2 Å². The summed E-state index contributed by atoms with van der Waals surface area (Å²) < 4.78 is 0. The highest BCUT2D eigenvalue weighted by molar-refractivity contribution is 7.96. The van der Waals surface area contributed by atoms with Gasteiger partial charge in [-0.05, 0) is 31.9 Å². The zero-order valence-corrected chi connectivity index (χ0v) is 6.12. The molecule has 0 saturated carbocycles. The molecule has 1 rings (SSSR count). The summed E-state index contributed by atoms with van der Waals surface area (Å²) >= 11 is 4.49. The van der Waals surface area contributed by atoms with Crippen molar-refractivity contribution in [2.75, 3.05) is 13.1 Å². The van der Waals surface area contributed by atoms with Crippen LogP contribution in [0.2, 0.25) is 0 Å². The fourth-order valence-corrected chi connectivity index (χ4v) is 1.26. The third-order valence-electron chi connectivity index (χ3n) is 1.61. The Hall–Kier alpha value is -0.310. The van der Waals surface area contributed by atoms with Crippen molar-refractivity contribution in [2.24, 2.45) is 0 Å².